The van der Waals surface area contributed by atoms with Gasteiger partial charge in [-0.25, -0.2) is 0 Å². The molecule has 0 aromatic heterocycles. The third-order valence-corrected chi connectivity index (χ3v) is 4.17. The summed E-state index contributed by atoms with van der Waals surface area (Å²) in [5.74, 6) is 3.45. The molecule has 0 amide bonds. The maximum absolute atomic E-state index is 3.41. The van der Waals surface area contributed by atoms with Crippen molar-refractivity contribution in [2.24, 2.45) is 5.92 Å². The van der Waals surface area contributed by atoms with E-state index in [0.29, 0.717) is 0 Å². The fourth-order valence-corrected chi connectivity index (χ4v) is 3.18. The van der Waals surface area contributed by atoms with Gasteiger partial charge in [0.1, 0.15) is 0 Å². The van der Waals surface area contributed by atoms with Gasteiger partial charge in [-0.1, -0.05) is 30.3 Å². The number of hydrogen-bond acceptors (Lipinski definition) is 2. The average molecular weight is 221 g/mol. The molecule has 1 heterocycles. The maximum atomic E-state index is 3.41. The van der Waals surface area contributed by atoms with Gasteiger partial charge in [-0.2, -0.15) is 11.8 Å². The van der Waals surface area contributed by atoms with Crippen LogP contribution in [-0.4, -0.2) is 18.8 Å². The van der Waals surface area contributed by atoms with Crippen molar-refractivity contribution in [3.63, 3.8) is 0 Å². The summed E-state index contributed by atoms with van der Waals surface area (Å²) in [6.45, 7) is 2.44. The first-order chi connectivity index (χ1) is 7.45. The van der Waals surface area contributed by atoms with E-state index < -0.39 is 0 Å². The lowest BCUT2D eigenvalue weighted by Crippen LogP contribution is -2.28. The number of piperidine rings is 1. The second-order valence-electron chi connectivity index (χ2n) is 4.19. The van der Waals surface area contributed by atoms with Crippen LogP contribution in [0, 0.1) is 5.92 Å². The molecule has 1 aliphatic heterocycles. The predicted molar refractivity (Wildman–Crippen MR) is 68.2 cm³/mol. The van der Waals surface area contributed by atoms with Crippen LogP contribution in [0.1, 0.15) is 18.4 Å². The Balaban J connectivity index is 1.66. The van der Waals surface area contributed by atoms with Gasteiger partial charge in [-0.15, -0.1) is 0 Å². The van der Waals surface area contributed by atoms with Crippen LogP contribution in [0.15, 0.2) is 30.3 Å². The van der Waals surface area contributed by atoms with Crippen molar-refractivity contribution in [1.82, 2.24) is 5.32 Å². The topological polar surface area (TPSA) is 12.0 Å². The monoisotopic (exact) mass is 221 g/mol. The van der Waals surface area contributed by atoms with Crippen LogP contribution in [-0.2, 0) is 5.75 Å². The van der Waals surface area contributed by atoms with E-state index in [9.17, 15) is 0 Å². The summed E-state index contributed by atoms with van der Waals surface area (Å²) >= 11 is 2.09. The first-order valence-electron chi connectivity index (χ1n) is 5.77. The molecule has 1 nitrogen and oxygen atoms in total. The highest BCUT2D eigenvalue weighted by Crippen LogP contribution is 2.20. The lowest BCUT2D eigenvalue weighted by Gasteiger charge is -2.22. The van der Waals surface area contributed by atoms with Crippen molar-refractivity contribution < 1.29 is 0 Å². The molecule has 2 heteroatoms. The van der Waals surface area contributed by atoms with Gasteiger partial charge in [0, 0.05) is 5.75 Å². The van der Waals surface area contributed by atoms with Crippen molar-refractivity contribution >= 4 is 11.8 Å². The van der Waals surface area contributed by atoms with E-state index in [-0.39, 0.29) is 0 Å². The lowest BCUT2D eigenvalue weighted by molar-refractivity contribution is 0.408. The van der Waals surface area contributed by atoms with E-state index in [1.54, 1.807) is 0 Å². The lowest BCUT2D eigenvalue weighted by atomic mass is 10.0. The normalized spacial score (nSPS) is 17.9. The Labute approximate surface area is 96.7 Å². The zero-order valence-corrected chi connectivity index (χ0v) is 9.93. The van der Waals surface area contributed by atoms with E-state index in [1.165, 1.54) is 43.0 Å². The van der Waals surface area contributed by atoms with Crippen LogP contribution in [0.25, 0.3) is 0 Å². The third kappa shape index (κ3) is 3.88. The Morgan fingerprint density at radius 1 is 1.13 bits per heavy atom. The van der Waals surface area contributed by atoms with Gasteiger partial charge in [0.25, 0.3) is 0 Å². The summed E-state index contributed by atoms with van der Waals surface area (Å²) in [7, 11) is 0. The highest BCUT2D eigenvalue weighted by molar-refractivity contribution is 7.98. The molecule has 0 atom stereocenters. The summed E-state index contributed by atoms with van der Waals surface area (Å²) < 4.78 is 0. The van der Waals surface area contributed by atoms with E-state index in [1.807, 2.05) is 0 Å². The van der Waals surface area contributed by atoms with E-state index in [0.717, 1.165) is 5.92 Å². The minimum Gasteiger partial charge on any atom is -0.317 e. The fraction of sp³-hybridized carbons (Fsp3) is 0.538. The molecule has 1 aliphatic rings. The van der Waals surface area contributed by atoms with Crippen molar-refractivity contribution in [2.45, 2.75) is 18.6 Å². The molecular formula is C13H19NS. The summed E-state index contributed by atoms with van der Waals surface area (Å²) in [4.78, 5) is 0. The number of rotatable bonds is 4. The summed E-state index contributed by atoms with van der Waals surface area (Å²) in [6.07, 6.45) is 2.73. The van der Waals surface area contributed by atoms with Crippen LogP contribution < -0.4 is 5.32 Å². The highest BCUT2D eigenvalue weighted by Gasteiger charge is 2.12. The van der Waals surface area contributed by atoms with Gasteiger partial charge in [-0.3, -0.25) is 0 Å². The standard InChI is InChI=1S/C13H19NS/c1-2-4-12(5-3-1)10-15-11-13-6-8-14-9-7-13/h1-5,13-14H,6-11H2. The quantitative estimate of drug-likeness (QED) is 0.839. The molecular weight excluding hydrogens is 202 g/mol. The molecule has 1 N–H and O–H groups in total. The molecule has 0 aliphatic carbocycles. The Morgan fingerprint density at radius 3 is 2.60 bits per heavy atom. The number of nitrogens with one attached hydrogen (secondary N) is 1. The Morgan fingerprint density at radius 2 is 1.87 bits per heavy atom. The fourth-order valence-electron chi connectivity index (χ4n) is 1.97. The second-order valence-corrected chi connectivity index (χ2v) is 5.22. The van der Waals surface area contributed by atoms with Gasteiger partial charge in [0.15, 0.2) is 0 Å². The molecule has 0 radical (unpaired) electrons. The molecule has 0 spiro atoms. The molecule has 0 saturated carbocycles. The molecule has 82 valence electrons. The highest BCUT2D eigenvalue weighted by atomic mass is 32.2. The number of hydrogen-bond donors (Lipinski definition) is 1. The van der Waals surface area contributed by atoms with Crippen LogP contribution in [0.3, 0.4) is 0 Å². The van der Waals surface area contributed by atoms with Crippen molar-refractivity contribution in [2.75, 3.05) is 18.8 Å². The van der Waals surface area contributed by atoms with Gasteiger partial charge >= 0.3 is 0 Å². The molecule has 0 bridgehead atoms. The van der Waals surface area contributed by atoms with Gasteiger partial charge in [0.05, 0.1) is 0 Å². The average Bonchev–Trinajstić information content (AvgIpc) is 2.32. The summed E-state index contributed by atoms with van der Waals surface area (Å²) in [5, 5.41) is 3.41. The number of benzene rings is 1. The molecule has 1 aromatic rings. The van der Waals surface area contributed by atoms with Gasteiger partial charge < -0.3 is 5.32 Å². The van der Waals surface area contributed by atoms with Crippen LogP contribution >= 0.6 is 11.8 Å². The summed E-state index contributed by atoms with van der Waals surface area (Å²) in [5.41, 5.74) is 1.46. The molecule has 0 unspecified atom stereocenters. The third-order valence-electron chi connectivity index (χ3n) is 2.92. The largest absolute Gasteiger partial charge is 0.317 e. The van der Waals surface area contributed by atoms with Crippen LogP contribution in [0.2, 0.25) is 0 Å². The smallest absolute Gasteiger partial charge is 0.0184 e. The maximum Gasteiger partial charge on any atom is 0.0184 e. The predicted octanol–water partition coefficient (Wildman–Crippen LogP) is 2.92. The first kappa shape index (κ1) is 11.0. The molecule has 15 heavy (non-hydrogen) atoms. The van der Waals surface area contributed by atoms with Gasteiger partial charge in [0.2, 0.25) is 0 Å². The Kier molecular flexibility index (Phi) is 4.55. The van der Waals surface area contributed by atoms with Gasteiger partial charge in [-0.05, 0) is 43.2 Å². The second kappa shape index (κ2) is 6.19. The molecule has 1 aromatic carbocycles. The summed E-state index contributed by atoms with van der Waals surface area (Å²) in [6, 6.07) is 10.8. The van der Waals surface area contributed by atoms with E-state index in [4.69, 9.17) is 0 Å². The molecule has 1 fully saturated rings. The van der Waals surface area contributed by atoms with Crippen molar-refractivity contribution in [1.29, 1.82) is 0 Å². The Bertz CT molecular complexity index is 267. The van der Waals surface area contributed by atoms with Crippen LogP contribution in [0.4, 0.5) is 0 Å². The van der Waals surface area contributed by atoms with E-state index in [2.05, 4.69) is 47.4 Å². The molecule has 2 rings (SSSR count). The Hall–Kier alpha value is -0.470. The minimum atomic E-state index is 0.944. The molecule has 1 saturated heterocycles. The van der Waals surface area contributed by atoms with Crippen molar-refractivity contribution in [3.05, 3.63) is 35.9 Å². The first-order valence-corrected chi connectivity index (χ1v) is 6.93. The zero-order valence-electron chi connectivity index (χ0n) is 9.11. The number of thioether (sulfide) groups is 1. The minimum absolute atomic E-state index is 0.944. The van der Waals surface area contributed by atoms with E-state index >= 15 is 0 Å². The zero-order chi connectivity index (χ0) is 10.3. The van der Waals surface area contributed by atoms with Crippen LogP contribution in [0.5, 0.6) is 0 Å². The van der Waals surface area contributed by atoms with Crippen molar-refractivity contribution in [3.8, 4) is 0 Å². The SMILES string of the molecule is c1ccc(CSCC2CCNCC2)cc1.